The van der Waals surface area contributed by atoms with Gasteiger partial charge >= 0.3 is 0 Å². The van der Waals surface area contributed by atoms with E-state index in [0.29, 0.717) is 12.0 Å². The molecule has 0 spiro atoms. The zero-order chi connectivity index (χ0) is 12.8. The molecule has 0 fully saturated rings. The third-order valence-electron chi connectivity index (χ3n) is 2.94. The number of rotatable bonds is 6. The monoisotopic (exact) mass is 238 g/mol. The molecule has 17 heavy (non-hydrogen) atoms. The number of halogens is 1. The van der Waals surface area contributed by atoms with Crippen molar-refractivity contribution < 1.29 is 4.39 Å². The van der Waals surface area contributed by atoms with E-state index >= 15 is 0 Å². The van der Waals surface area contributed by atoms with E-state index < -0.39 is 5.95 Å². The van der Waals surface area contributed by atoms with Gasteiger partial charge in [0.25, 0.3) is 0 Å². The van der Waals surface area contributed by atoms with Gasteiger partial charge in [-0.3, -0.25) is 0 Å². The Morgan fingerprint density at radius 1 is 1.24 bits per heavy atom. The molecule has 0 radical (unpaired) electrons. The van der Waals surface area contributed by atoms with Crippen LogP contribution in [0.2, 0.25) is 0 Å². The summed E-state index contributed by atoms with van der Waals surface area (Å²) in [6, 6.07) is 5.45. The molecule has 3 heteroatoms. The molecule has 1 heterocycles. The minimum Gasteiger partial charge on any atom is -0.353 e. The van der Waals surface area contributed by atoms with Gasteiger partial charge in [-0.25, -0.2) is 4.98 Å². The molecule has 2 nitrogen and oxygen atoms in total. The van der Waals surface area contributed by atoms with Crippen LogP contribution >= 0.6 is 0 Å². The fourth-order valence-corrected chi connectivity index (χ4v) is 2.11. The van der Waals surface area contributed by atoms with Crippen LogP contribution < -0.4 is 4.90 Å². The van der Waals surface area contributed by atoms with E-state index in [1.165, 1.54) is 6.07 Å². The molecule has 0 bridgehead atoms. The summed E-state index contributed by atoms with van der Waals surface area (Å²) in [5.74, 6) is 0.898. The molecule has 0 atom stereocenters. The summed E-state index contributed by atoms with van der Waals surface area (Å²) in [6.45, 7) is 9.60. The molecule has 0 saturated heterocycles. The van der Waals surface area contributed by atoms with Crippen LogP contribution in [-0.4, -0.2) is 17.6 Å². The Balaban J connectivity index is 2.96. The second kappa shape index (κ2) is 6.58. The van der Waals surface area contributed by atoms with Crippen molar-refractivity contribution in [1.29, 1.82) is 0 Å². The van der Waals surface area contributed by atoms with E-state index in [-0.39, 0.29) is 0 Å². The van der Waals surface area contributed by atoms with Crippen LogP contribution in [0.1, 0.15) is 40.5 Å². The molecule has 0 aliphatic rings. The van der Waals surface area contributed by atoms with Gasteiger partial charge in [-0.05, 0) is 30.9 Å². The lowest BCUT2D eigenvalue weighted by atomic mass is 10.1. The molecular weight excluding hydrogens is 215 g/mol. The highest BCUT2D eigenvalue weighted by Gasteiger charge is 2.18. The fraction of sp³-hybridized carbons (Fsp3) is 0.643. The molecule has 0 aromatic carbocycles. The maximum atomic E-state index is 13.2. The third kappa shape index (κ3) is 3.99. The predicted molar refractivity (Wildman–Crippen MR) is 70.7 cm³/mol. The molecular formula is C14H23FN2. The second-order valence-electron chi connectivity index (χ2n) is 4.84. The van der Waals surface area contributed by atoms with Gasteiger partial charge < -0.3 is 4.90 Å². The first-order valence-corrected chi connectivity index (χ1v) is 6.47. The van der Waals surface area contributed by atoms with Crippen LogP contribution in [0.15, 0.2) is 18.2 Å². The Kier molecular flexibility index (Phi) is 5.39. The lowest BCUT2D eigenvalue weighted by Crippen LogP contribution is -2.38. The van der Waals surface area contributed by atoms with Crippen LogP contribution in [-0.2, 0) is 0 Å². The van der Waals surface area contributed by atoms with E-state index in [0.717, 1.165) is 25.2 Å². The third-order valence-corrected chi connectivity index (χ3v) is 2.94. The summed E-state index contributed by atoms with van der Waals surface area (Å²) in [5, 5.41) is 0. The van der Waals surface area contributed by atoms with Gasteiger partial charge in [0.2, 0.25) is 5.95 Å². The van der Waals surface area contributed by atoms with E-state index in [9.17, 15) is 4.39 Å². The van der Waals surface area contributed by atoms with Gasteiger partial charge in [0, 0.05) is 12.6 Å². The van der Waals surface area contributed by atoms with Gasteiger partial charge in [0.15, 0.2) is 0 Å². The highest BCUT2D eigenvalue weighted by atomic mass is 19.1. The van der Waals surface area contributed by atoms with Crippen LogP contribution in [0.25, 0.3) is 0 Å². The van der Waals surface area contributed by atoms with Crippen molar-refractivity contribution in [3.05, 3.63) is 24.1 Å². The van der Waals surface area contributed by atoms with E-state index in [2.05, 4.69) is 37.6 Å². The van der Waals surface area contributed by atoms with Crippen molar-refractivity contribution in [2.75, 3.05) is 11.4 Å². The van der Waals surface area contributed by atoms with Crippen molar-refractivity contribution in [3.8, 4) is 0 Å². The lowest BCUT2D eigenvalue weighted by Gasteiger charge is -2.33. The molecule has 1 aromatic rings. The molecule has 1 aromatic heterocycles. The Morgan fingerprint density at radius 2 is 1.88 bits per heavy atom. The molecule has 0 unspecified atom stereocenters. The Hall–Kier alpha value is -1.12. The summed E-state index contributed by atoms with van der Waals surface area (Å²) in [6.07, 6.45) is 2.11. The topological polar surface area (TPSA) is 16.1 Å². The number of hydrogen-bond acceptors (Lipinski definition) is 2. The van der Waals surface area contributed by atoms with Crippen LogP contribution in [0.4, 0.5) is 10.2 Å². The van der Waals surface area contributed by atoms with Crippen molar-refractivity contribution in [2.24, 2.45) is 5.92 Å². The summed E-state index contributed by atoms with van der Waals surface area (Å²) in [7, 11) is 0. The minimum atomic E-state index is -0.401. The molecule has 0 saturated carbocycles. The molecule has 0 N–H and O–H groups in total. The SMILES string of the molecule is CCC(CC)N(CC(C)C)c1cccc(F)n1. The Morgan fingerprint density at radius 3 is 2.35 bits per heavy atom. The largest absolute Gasteiger partial charge is 0.353 e. The second-order valence-corrected chi connectivity index (χ2v) is 4.84. The highest BCUT2D eigenvalue weighted by Crippen LogP contribution is 2.20. The highest BCUT2D eigenvalue weighted by molar-refractivity contribution is 5.39. The number of pyridine rings is 1. The summed E-state index contributed by atoms with van der Waals surface area (Å²) >= 11 is 0. The van der Waals surface area contributed by atoms with Gasteiger partial charge in [0.05, 0.1) is 0 Å². The fourth-order valence-electron chi connectivity index (χ4n) is 2.11. The summed E-state index contributed by atoms with van der Waals surface area (Å²) in [5.41, 5.74) is 0. The summed E-state index contributed by atoms with van der Waals surface area (Å²) < 4.78 is 13.2. The van der Waals surface area contributed by atoms with Crippen LogP contribution in [0.3, 0.4) is 0 Å². The van der Waals surface area contributed by atoms with Gasteiger partial charge in [0.1, 0.15) is 5.82 Å². The molecule has 0 aliphatic heterocycles. The number of nitrogens with zero attached hydrogens (tertiary/aromatic N) is 2. The van der Waals surface area contributed by atoms with Crippen LogP contribution in [0.5, 0.6) is 0 Å². The number of hydrogen-bond donors (Lipinski definition) is 0. The first kappa shape index (κ1) is 13.9. The average Bonchev–Trinajstić information content (AvgIpc) is 2.29. The molecule has 1 rings (SSSR count). The summed E-state index contributed by atoms with van der Waals surface area (Å²) in [4.78, 5) is 6.23. The first-order valence-electron chi connectivity index (χ1n) is 6.47. The lowest BCUT2D eigenvalue weighted by molar-refractivity contribution is 0.496. The van der Waals surface area contributed by atoms with E-state index in [1.54, 1.807) is 6.07 Å². The van der Waals surface area contributed by atoms with Crippen molar-refractivity contribution in [3.63, 3.8) is 0 Å². The van der Waals surface area contributed by atoms with Crippen molar-refractivity contribution in [1.82, 2.24) is 4.98 Å². The Bertz CT molecular complexity index is 335. The minimum absolute atomic E-state index is 0.401. The van der Waals surface area contributed by atoms with Gasteiger partial charge in [-0.1, -0.05) is 33.8 Å². The smallest absolute Gasteiger partial charge is 0.214 e. The van der Waals surface area contributed by atoms with Gasteiger partial charge in [-0.15, -0.1) is 0 Å². The predicted octanol–water partition coefficient (Wildman–Crippen LogP) is 3.87. The maximum absolute atomic E-state index is 13.2. The standard InChI is InChI=1S/C14H23FN2/c1-5-12(6-2)17(10-11(3)4)14-9-7-8-13(15)16-14/h7-9,11-12H,5-6,10H2,1-4H3. The quantitative estimate of drug-likeness (QED) is 0.699. The van der Waals surface area contributed by atoms with Crippen molar-refractivity contribution >= 4 is 5.82 Å². The maximum Gasteiger partial charge on any atom is 0.214 e. The zero-order valence-corrected chi connectivity index (χ0v) is 11.3. The molecule has 0 aliphatic carbocycles. The molecule has 0 amide bonds. The normalized spacial score (nSPS) is 11.2. The van der Waals surface area contributed by atoms with Crippen molar-refractivity contribution in [2.45, 2.75) is 46.6 Å². The number of aromatic nitrogens is 1. The molecule has 96 valence electrons. The zero-order valence-electron chi connectivity index (χ0n) is 11.3. The van der Waals surface area contributed by atoms with Gasteiger partial charge in [-0.2, -0.15) is 4.39 Å². The number of anilines is 1. The Labute approximate surface area is 104 Å². The van der Waals surface area contributed by atoms with E-state index in [1.807, 2.05) is 6.07 Å². The van der Waals surface area contributed by atoms with Crippen LogP contribution in [0, 0.1) is 11.9 Å². The average molecular weight is 238 g/mol. The van der Waals surface area contributed by atoms with E-state index in [4.69, 9.17) is 0 Å². The first-order chi connectivity index (χ1) is 8.08.